The highest BCUT2D eigenvalue weighted by molar-refractivity contribution is 7.99. The van der Waals surface area contributed by atoms with E-state index in [0.717, 1.165) is 30.2 Å². The summed E-state index contributed by atoms with van der Waals surface area (Å²) >= 11 is 7.72. The van der Waals surface area contributed by atoms with Crippen molar-refractivity contribution >= 4 is 47.6 Å². The highest BCUT2D eigenvalue weighted by atomic mass is 35.5. The molecule has 0 bridgehead atoms. The molecule has 2 unspecified atom stereocenters. The summed E-state index contributed by atoms with van der Waals surface area (Å²) in [6.07, 6.45) is 0.804. The number of hydrogen-bond donors (Lipinski definition) is 2. The van der Waals surface area contributed by atoms with Crippen molar-refractivity contribution < 1.29 is 14.7 Å². The van der Waals surface area contributed by atoms with E-state index < -0.39 is 5.97 Å². The summed E-state index contributed by atoms with van der Waals surface area (Å²) in [7, 11) is 0. The third-order valence-electron chi connectivity index (χ3n) is 5.31. The third kappa shape index (κ3) is 4.85. The van der Waals surface area contributed by atoms with Gasteiger partial charge in [0.15, 0.2) is 0 Å². The number of carbonyl (C=O) groups is 2. The maximum atomic E-state index is 12.6. The summed E-state index contributed by atoms with van der Waals surface area (Å²) in [5.74, 6) is 0.889. The van der Waals surface area contributed by atoms with E-state index in [0.29, 0.717) is 30.4 Å². The minimum Gasteiger partial charge on any atom is -0.481 e. The molecule has 2 atom stereocenters. The number of likely N-dealkylation sites (tertiary alicyclic amines) is 1. The first-order chi connectivity index (χ1) is 12.0. The van der Waals surface area contributed by atoms with E-state index in [4.69, 9.17) is 16.7 Å². The number of rotatable bonds is 7. The Morgan fingerprint density at radius 1 is 1.38 bits per heavy atom. The van der Waals surface area contributed by atoms with E-state index in [-0.39, 0.29) is 30.2 Å². The smallest absolute Gasteiger partial charge is 0.303 e. The van der Waals surface area contributed by atoms with Crippen LogP contribution in [0.5, 0.6) is 0 Å². The van der Waals surface area contributed by atoms with Gasteiger partial charge in [-0.05, 0) is 24.0 Å². The molecule has 3 rings (SSSR count). The number of carbonyl (C=O) groups excluding carboxylic acids is 1. The minimum absolute atomic E-state index is 0. The summed E-state index contributed by atoms with van der Waals surface area (Å²) in [4.78, 5) is 25.4. The Labute approximate surface area is 169 Å². The van der Waals surface area contributed by atoms with Gasteiger partial charge in [-0.1, -0.05) is 29.8 Å². The Morgan fingerprint density at radius 2 is 2.15 bits per heavy atom. The summed E-state index contributed by atoms with van der Waals surface area (Å²) in [6, 6.07) is 7.69. The van der Waals surface area contributed by atoms with Crippen LogP contribution in [-0.2, 0) is 15.3 Å². The molecule has 1 amide bonds. The van der Waals surface area contributed by atoms with E-state index in [2.05, 4.69) is 5.32 Å². The second-order valence-electron chi connectivity index (χ2n) is 6.94. The van der Waals surface area contributed by atoms with Crippen LogP contribution in [-0.4, -0.2) is 53.8 Å². The molecular formula is C18H24Cl2N2O3S. The Hall–Kier alpha value is -0.950. The van der Waals surface area contributed by atoms with Crippen molar-refractivity contribution in [1.82, 2.24) is 10.2 Å². The second kappa shape index (κ2) is 9.31. The lowest BCUT2D eigenvalue weighted by Gasteiger charge is -2.27. The molecule has 2 aliphatic rings. The van der Waals surface area contributed by atoms with E-state index in [1.165, 1.54) is 0 Å². The van der Waals surface area contributed by atoms with E-state index in [1.54, 1.807) is 11.8 Å². The van der Waals surface area contributed by atoms with Crippen molar-refractivity contribution in [3.8, 4) is 0 Å². The number of halogens is 2. The molecule has 1 aromatic carbocycles. The zero-order valence-corrected chi connectivity index (χ0v) is 16.8. The topological polar surface area (TPSA) is 69.6 Å². The fraction of sp³-hybridized carbons (Fsp3) is 0.556. The molecule has 0 aliphatic carbocycles. The van der Waals surface area contributed by atoms with Gasteiger partial charge in [0.2, 0.25) is 5.91 Å². The summed E-state index contributed by atoms with van der Waals surface area (Å²) in [5, 5.41) is 13.1. The fourth-order valence-electron chi connectivity index (χ4n) is 3.88. The molecule has 2 fully saturated rings. The third-order valence-corrected chi connectivity index (χ3v) is 6.65. The molecule has 2 aliphatic heterocycles. The Morgan fingerprint density at radius 3 is 2.88 bits per heavy atom. The Kier molecular flexibility index (Phi) is 7.64. The predicted octanol–water partition coefficient (Wildman–Crippen LogP) is 2.91. The molecule has 0 saturated carbocycles. The van der Waals surface area contributed by atoms with Gasteiger partial charge in [0.1, 0.15) is 0 Å². The van der Waals surface area contributed by atoms with Gasteiger partial charge in [-0.25, -0.2) is 0 Å². The normalized spacial score (nSPS) is 24.2. The van der Waals surface area contributed by atoms with Crippen LogP contribution in [0.25, 0.3) is 0 Å². The van der Waals surface area contributed by atoms with Crippen LogP contribution < -0.4 is 5.32 Å². The van der Waals surface area contributed by atoms with Crippen molar-refractivity contribution in [2.24, 2.45) is 11.3 Å². The first-order valence-corrected chi connectivity index (χ1v) is 10.0. The molecule has 0 aromatic heterocycles. The average Bonchev–Trinajstić information content (AvgIpc) is 3.12. The molecule has 8 heteroatoms. The molecule has 0 spiro atoms. The van der Waals surface area contributed by atoms with Gasteiger partial charge in [0, 0.05) is 48.8 Å². The number of benzene rings is 1. The molecule has 2 N–H and O–H groups in total. The van der Waals surface area contributed by atoms with Crippen LogP contribution in [0.2, 0.25) is 5.02 Å². The molecule has 26 heavy (non-hydrogen) atoms. The maximum absolute atomic E-state index is 12.6. The van der Waals surface area contributed by atoms with Gasteiger partial charge in [0.05, 0.1) is 5.75 Å². The monoisotopic (exact) mass is 418 g/mol. The van der Waals surface area contributed by atoms with E-state index in [1.807, 2.05) is 29.2 Å². The van der Waals surface area contributed by atoms with Gasteiger partial charge in [-0.3, -0.25) is 9.59 Å². The number of nitrogens with one attached hydrogen (secondary N) is 1. The quantitative estimate of drug-likeness (QED) is 0.712. The average molecular weight is 419 g/mol. The summed E-state index contributed by atoms with van der Waals surface area (Å²) in [5.41, 5.74) is 0.976. The van der Waals surface area contributed by atoms with Gasteiger partial charge in [-0.15, -0.1) is 24.2 Å². The minimum atomic E-state index is -0.764. The van der Waals surface area contributed by atoms with Crippen molar-refractivity contribution in [3.05, 3.63) is 34.9 Å². The summed E-state index contributed by atoms with van der Waals surface area (Å²) < 4.78 is 0. The number of carboxylic acids is 1. The van der Waals surface area contributed by atoms with Crippen molar-refractivity contribution in [3.63, 3.8) is 0 Å². The number of carboxylic acid groups (broad SMARTS) is 1. The van der Waals surface area contributed by atoms with Crippen LogP contribution in [0.15, 0.2) is 24.3 Å². The lowest BCUT2D eigenvalue weighted by Crippen LogP contribution is -2.36. The SMILES string of the molecule is Cl.O=C(O)CCC12CNCC1CN(C(=O)CSCc1ccccc1Cl)C2. The molecule has 2 heterocycles. The van der Waals surface area contributed by atoms with Crippen molar-refractivity contribution in [2.75, 3.05) is 31.9 Å². The van der Waals surface area contributed by atoms with Crippen molar-refractivity contribution in [1.29, 1.82) is 0 Å². The molecule has 5 nitrogen and oxygen atoms in total. The van der Waals surface area contributed by atoms with Crippen LogP contribution in [0.4, 0.5) is 0 Å². The van der Waals surface area contributed by atoms with Crippen LogP contribution in [0.3, 0.4) is 0 Å². The largest absolute Gasteiger partial charge is 0.481 e. The lowest BCUT2D eigenvalue weighted by atomic mass is 9.77. The predicted molar refractivity (Wildman–Crippen MR) is 107 cm³/mol. The standard InChI is InChI=1S/C18H23ClN2O3S.ClH/c19-15-4-2-1-3-13(15)9-25-10-16(22)21-8-14-7-20-11-18(14,12-21)6-5-17(23)24;/h1-4,14,20H,5-12H2,(H,23,24);1H. The molecule has 144 valence electrons. The first-order valence-electron chi connectivity index (χ1n) is 8.52. The van der Waals surface area contributed by atoms with E-state index >= 15 is 0 Å². The van der Waals surface area contributed by atoms with Gasteiger partial charge in [-0.2, -0.15) is 0 Å². The number of fused-ring (bicyclic) bond motifs is 1. The Balaban J connectivity index is 0.00000243. The number of thioether (sulfide) groups is 1. The summed E-state index contributed by atoms with van der Waals surface area (Å²) in [6.45, 7) is 3.08. The van der Waals surface area contributed by atoms with Gasteiger partial charge in [0.25, 0.3) is 0 Å². The molecule has 2 saturated heterocycles. The van der Waals surface area contributed by atoms with Crippen LogP contribution >= 0.6 is 35.8 Å². The highest BCUT2D eigenvalue weighted by Gasteiger charge is 2.50. The maximum Gasteiger partial charge on any atom is 0.303 e. The number of amides is 1. The lowest BCUT2D eigenvalue weighted by molar-refractivity contribution is -0.137. The highest BCUT2D eigenvalue weighted by Crippen LogP contribution is 2.42. The van der Waals surface area contributed by atoms with Gasteiger partial charge >= 0.3 is 5.97 Å². The fourth-order valence-corrected chi connectivity index (χ4v) is 5.10. The van der Waals surface area contributed by atoms with E-state index in [9.17, 15) is 9.59 Å². The van der Waals surface area contributed by atoms with Crippen molar-refractivity contribution in [2.45, 2.75) is 18.6 Å². The van der Waals surface area contributed by atoms with Crippen LogP contribution in [0, 0.1) is 11.3 Å². The Bertz CT molecular complexity index is 661. The number of nitrogens with zero attached hydrogens (tertiary/aromatic N) is 1. The first kappa shape index (κ1) is 21.4. The zero-order valence-electron chi connectivity index (χ0n) is 14.4. The second-order valence-corrected chi connectivity index (χ2v) is 8.34. The number of hydrogen-bond acceptors (Lipinski definition) is 4. The molecule has 0 radical (unpaired) electrons. The van der Waals surface area contributed by atoms with Crippen LogP contribution in [0.1, 0.15) is 18.4 Å². The molecular weight excluding hydrogens is 395 g/mol. The van der Waals surface area contributed by atoms with Gasteiger partial charge < -0.3 is 15.3 Å². The molecule has 1 aromatic rings. The number of aliphatic carboxylic acids is 1. The zero-order chi connectivity index (χ0) is 17.9.